The molecule has 1 aromatic rings. The summed E-state index contributed by atoms with van der Waals surface area (Å²) in [5, 5.41) is 3.50. The zero-order valence-electron chi connectivity index (χ0n) is 12.7. The minimum atomic E-state index is 0.680. The minimum absolute atomic E-state index is 0.680. The molecule has 1 N–H and O–H groups in total. The van der Waals surface area contributed by atoms with Gasteiger partial charge in [0.2, 0.25) is 0 Å². The number of nitrogens with one attached hydrogen (secondary N) is 1. The van der Waals surface area contributed by atoms with Crippen LogP contribution in [0.3, 0.4) is 0 Å². The molecule has 0 amide bonds. The van der Waals surface area contributed by atoms with Gasteiger partial charge in [0.15, 0.2) is 0 Å². The molecule has 114 valence electrons. The van der Waals surface area contributed by atoms with Crippen LogP contribution in [0.15, 0.2) is 22.7 Å². The first-order valence-corrected chi connectivity index (χ1v) is 9.36. The molecular weight excluding hydrogens is 324 g/mol. The number of rotatable bonds is 4. The van der Waals surface area contributed by atoms with E-state index in [-0.39, 0.29) is 0 Å². The van der Waals surface area contributed by atoms with Crippen molar-refractivity contribution in [1.29, 1.82) is 0 Å². The molecule has 1 heterocycles. The number of hydrogen-bond donors (Lipinski definition) is 1. The lowest BCUT2D eigenvalue weighted by Crippen LogP contribution is -2.38. The number of nitrogens with zero attached hydrogens (tertiary/aromatic N) is 1. The van der Waals surface area contributed by atoms with Gasteiger partial charge < -0.3 is 5.32 Å². The zero-order valence-corrected chi connectivity index (χ0v) is 14.2. The van der Waals surface area contributed by atoms with E-state index < -0.39 is 0 Å². The number of piperidine rings is 1. The van der Waals surface area contributed by atoms with Crippen LogP contribution in [0.5, 0.6) is 0 Å². The van der Waals surface area contributed by atoms with Crippen LogP contribution >= 0.6 is 15.9 Å². The predicted octanol–water partition coefficient (Wildman–Crippen LogP) is 3.90. The Morgan fingerprint density at radius 1 is 1.10 bits per heavy atom. The summed E-state index contributed by atoms with van der Waals surface area (Å²) in [6.07, 6.45) is 8.13. The van der Waals surface area contributed by atoms with Gasteiger partial charge in [0, 0.05) is 23.1 Å². The normalized spacial score (nSPS) is 26.3. The van der Waals surface area contributed by atoms with Gasteiger partial charge in [0.25, 0.3) is 0 Å². The highest BCUT2D eigenvalue weighted by atomic mass is 79.9. The quantitative estimate of drug-likeness (QED) is 0.887. The third-order valence-corrected chi connectivity index (χ3v) is 6.27. The molecule has 0 spiro atoms. The monoisotopic (exact) mass is 348 g/mol. The Morgan fingerprint density at radius 3 is 2.67 bits per heavy atom. The summed E-state index contributed by atoms with van der Waals surface area (Å²) in [5.41, 5.74) is 3.17. The van der Waals surface area contributed by atoms with E-state index in [0.717, 1.165) is 12.0 Å². The first-order valence-electron chi connectivity index (χ1n) is 8.56. The molecule has 0 bridgehead atoms. The molecule has 2 fully saturated rings. The molecule has 1 aliphatic heterocycles. The maximum absolute atomic E-state index is 3.75. The Hall–Kier alpha value is -0.380. The average molecular weight is 349 g/mol. The van der Waals surface area contributed by atoms with Gasteiger partial charge in [-0.2, -0.15) is 0 Å². The van der Waals surface area contributed by atoms with Crippen molar-refractivity contribution < 1.29 is 0 Å². The van der Waals surface area contributed by atoms with Crippen molar-refractivity contribution in [2.75, 3.05) is 19.6 Å². The maximum Gasteiger partial charge on any atom is 0.0357 e. The van der Waals surface area contributed by atoms with Crippen molar-refractivity contribution in [2.24, 2.45) is 5.92 Å². The summed E-state index contributed by atoms with van der Waals surface area (Å²) in [6, 6.07) is 8.34. The van der Waals surface area contributed by atoms with Gasteiger partial charge >= 0.3 is 0 Å². The minimum Gasteiger partial charge on any atom is -0.317 e. The van der Waals surface area contributed by atoms with E-state index in [1.165, 1.54) is 62.6 Å². The molecule has 1 saturated heterocycles. The summed E-state index contributed by atoms with van der Waals surface area (Å²) in [7, 11) is 0. The van der Waals surface area contributed by atoms with Crippen LogP contribution in [-0.4, -0.2) is 30.6 Å². The molecule has 1 atom stereocenters. The van der Waals surface area contributed by atoms with Crippen LogP contribution in [0, 0.1) is 5.92 Å². The lowest BCUT2D eigenvalue weighted by molar-refractivity contribution is 0.142. The van der Waals surface area contributed by atoms with Crippen LogP contribution in [0.1, 0.15) is 49.3 Å². The van der Waals surface area contributed by atoms with Crippen molar-refractivity contribution in [3.63, 3.8) is 0 Å². The fraction of sp³-hybridized carbons (Fsp3) is 0.667. The maximum atomic E-state index is 3.75. The second-order valence-electron chi connectivity index (χ2n) is 6.98. The van der Waals surface area contributed by atoms with Crippen molar-refractivity contribution >= 4 is 15.9 Å². The molecule has 1 aromatic carbocycles. The highest BCUT2D eigenvalue weighted by molar-refractivity contribution is 9.10. The van der Waals surface area contributed by atoms with E-state index in [0.29, 0.717) is 6.04 Å². The SMILES string of the molecule is Brc1cccc2c1CCC2N(CC1CCNCC1)C1CC1. The van der Waals surface area contributed by atoms with Gasteiger partial charge in [-0.15, -0.1) is 0 Å². The fourth-order valence-corrected chi connectivity index (χ4v) is 4.81. The van der Waals surface area contributed by atoms with Crippen LogP contribution in [0.4, 0.5) is 0 Å². The van der Waals surface area contributed by atoms with E-state index >= 15 is 0 Å². The van der Waals surface area contributed by atoms with Gasteiger partial charge in [0.1, 0.15) is 0 Å². The summed E-state index contributed by atoms with van der Waals surface area (Å²) in [6.45, 7) is 3.76. The molecule has 0 aromatic heterocycles. The zero-order chi connectivity index (χ0) is 14.2. The Morgan fingerprint density at radius 2 is 1.90 bits per heavy atom. The Labute approximate surface area is 136 Å². The number of fused-ring (bicyclic) bond motifs is 1. The third kappa shape index (κ3) is 2.93. The molecule has 3 heteroatoms. The first kappa shape index (κ1) is 14.2. The predicted molar refractivity (Wildman–Crippen MR) is 90.5 cm³/mol. The Bertz CT molecular complexity index is 506. The summed E-state index contributed by atoms with van der Waals surface area (Å²) in [5.74, 6) is 0.906. The number of halogens is 1. The van der Waals surface area contributed by atoms with Crippen LogP contribution < -0.4 is 5.32 Å². The van der Waals surface area contributed by atoms with E-state index in [9.17, 15) is 0 Å². The second kappa shape index (κ2) is 6.02. The highest BCUT2D eigenvalue weighted by Gasteiger charge is 2.38. The van der Waals surface area contributed by atoms with E-state index in [1.54, 1.807) is 11.1 Å². The molecule has 4 rings (SSSR count). The smallest absolute Gasteiger partial charge is 0.0357 e. The van der Waals surface area contributed by atoms with E-state index in [2.05, 4.69) is 44.3 Å². The van der Waals surface area contributed by atoms with Crippen LogP contribution in [0.25, 0.3) is 0 Å². The summed E-state index contributed by atoms with van der Waals surface area (Å²) < 4.78 is 1.32. The highest BCUT2D eigenvalue weighted by Crippen LogP contribution is 2.44. The standard InChI is InChI=1S/C18H25BrN2/c19-17-3-1-2-16-15(17)6-7-18(16)21(14-4-5-14)12-13-8-10-20-11-9-13/h1-3,13-14,18,20H,4-12H2. The number of benzene rings is 1. The van der Waals surface area contributed by atoms with E-state index in [4.69, 9.17) is 0 Å². The molecule has 2 nitrogen and oxygen atoms in total. The third-order valence-electron chi connectivity index (χ3n) is 5.53. The Kier molecular flexibility index (Phi) is 4.08. The molecule has 0 radical (unpaired) electrons. The first-order chi connectivity index (χ1) is 10.3. The topological polar surface area (TPSA) is 15.3 Å². The van der Waals surface area contributed by atoms with Crippen molar-refractivity contribution in [3.05, 3.63) is 33.8 Å². The van der Waals surface area contributed by atoms with Crippen LogP contribution in [-0.2, 0) is 6.42 Å². The second-order valence-corrected chi connectivity index (χ2v) is 7.84. The molecule has 21 heavy (non-hydrogen) atoms. The molecule has 3 aliphatic rings. The van der Waals surface area contributed by atoms with Crippen LogP contribution in [0.2, 0.25) is 0 Å². The van der Waals surface area contributed by atoms with E-state index in [1.807, 2.05) is 0 Å². The lowest BCUT2D eigenvalue weighted by Gasteiger charge is -2.34. The van der Waals surface area contributed by atoms with Gasteiger partial charge in [-0.25, -0.2) is 0 Å². The number of hydrogen-bond acceptors (Lipinski definition) is 2. The fourth-order valence-electron chi connectivity index (χ4n) is 4.23. The Balaban J connectivity index is 1.54. The van der Waals surface area contributed by atoms with Crippen molar-refractivity contribution in [2.45, 2.75) is 50.6 Å². The van der Waals surface area contributed by atoms with Crippen molar-refractivity contribution in [3.8, 4) is 0 Å². The van der Waals surface area contributed by atoms with Gasteiger partial charge in [0.05, 0.1) is 0 Å². The summed E-state index contributed by atoms with van der Waals surface area (Å²) in [4.78, 5) is 2.87. The molecule has 2 aliphatic carbocycles. The van der Waals surface area contributed by atoms with Gasteiger partial charge in [-0.1, -0.05) is 28.1 Å². The van der Waals surface area contributed by atoms with Gasteiger partial charge in [-0.3, -0.25) is 4.90 Å². The lowest BCUT2D eigenvalue weighted by atomic mass is 9.96. The summed E-state index contributed by atoms with van der Waals surface area (Å²) >= 11 is 3.75. The largest absolute Gasteiger partial charge is 0.317 e. The molecule has 1 saturated carbocycles. The van der Waals surface area contributed by atoms with Crippen molar-refractivity contribution in [1.82, 2.24) is 10.2 Å². The molecule has 1 unspecified atom stereocenters. The average Bonchev–Trinajstić information content (AvgIpc) is 3.26. The van der Waals surface area contributed by atoms with Gasteiger partial charge in [-0.05, 0) is 74.7 Å². The molecular formula is C18H25BrN2.